The number of aliphatic hydroxyl groups is 2. The number of aliphatic hydroxyl groups excluding tert-OH is 2. The Morgan fingerprint density at radius 2 is 1.67 bits per heavy atom. The number of unbranched alkanes of at least 4 members (excludes halogenated alkanes) is 1. The summed E-state index contributed by atoms with van der Waals surface area (Å²) in [7, 11) is 0. The van der Waals surface area contributed by atoms with Crippen LogP contribution in [-0.2, 0) is 0 Å². The van der Waals surface area contributed by atoms with Gasteiger partial charge >= 0.3 is 0 Å². The predicted molar refractivity (Wildman–Crippen MR) is 40.7 cm³/mol. The molecular formula is C6H14O2S. The Balaban J connectivity index is 2.60. The summed E-state index contributed by atoms with van der Waals surface area (Å²) in [5, 5.41) is 16.7. The second-order valence-electron chi connectivity index (χ2n) is 1.77. The van der Waals surface area contributed by atoms with Gasteiger partial charge in [0.05, 0.1) is 6.61 Å². The van der Waals surface area contributed by atoms with Crippen molar-refractivity contribution in [3.8, 4) is 0 Å². The van der Waals surface area contributed by atoms with Crippen LogP contribution in [0.1, 0.15) is 12.8 Å². The molecule has 2 N–H and O–H groups in total. The molecule has 0 aliphatic carbocycles. The van der Waals surface area contributed by atoms with E-state index in [1.807, 2.05) is 0 Å². The van der Waals surface area contributed by atoms with E-state index in [0.717, 1.165) is 24.3 Å². The predicted octanol–water partition coefficient (Wildman–Crippen LogP) is 0.484. The monoisotopic (exact) mass is 150 g/mol. The third kappa shape index (κ3) is 8.27. The number of hydrogen-bond acceptors (Lipinski definition) is 3. The van der Waals surface area contributed by atoms with Crippen LogP contribution in [0, 0.1) is 0 Å². The Kier molecular flexibility index (Phi) is 8.52. The first-order valence-electron chi connectivity index (χ1n) is 3.21. The highest BCUT2D eigenvalue weighted by Crippen LogP contribution is 2.02. The molecule has 0 bridgehead atoms. The van der Waals surface area contributed by atoms with Crippen LogP contribution in [0.5, 0.6) is 0 Å². The highest BCUT2D eigenvalue weighted by atomic mass is 32.2. The van der Waals surface area contributed by atoms with Gasteiger partial charge in [0.15, 0.2) is 0 Å². The lowest BCUT2D eigenvalue weighted by atomic mass is 10.4. The van der Waals surface area contributed by atoms with Crippen molar-refractivity contribution in [3.63, 3.8) is 0 Å². The van der Waals surface area contributed by atoms with Gasteiger partial charge in [-0.15, -0.1) is 0 Å². The topological polar surface area (TPSA) is 40.5 Å². The lowest BCUT2D eigenvalue weighted by molar-refractivity contribution is 0.287. The third-order valence-electron chi connectivity index (χ3n) is 0.932. The maximum atomic E-state index is 8.36. The summed E-state index contributed by atoms with van der Waals surface area (Å²) in [5.41, 5.74) is 0. The highest BCUT2D eigenvalue weighted by molar-refractivity contribution is 7.99. The van der Waals surface area contributed by atoms with Crippen LogP contribution in [0.15, 0.2) is 0 Å². The fourth-order valence-corrected chi connectivity index (χ4v) is 1.22. The van der Waals surface area contributed by atoms with Crippen molar-refractivity contribution < 1.29 is 10.2 Å². The summed E-state index contributed by atoms with van der Waals surface area (Å²) in [6.45, 7) is 0.559. The average Bonchev–Trinajstić information content (AvgIpc) is 1.89. The van der Waals surface area contributed by atoms with Crippen LogP contribution in [0.2, 0.25) is 0 Å². The van der Waals surface area contributed by atoms with Crippen molar-refractivity contribution in [2.75, 3.05) is 24.7 Å². The Bertz CT molecular complexity index is 44.3. The summed E-state index contributed by atoms with van der Waals surface area (Å²) in [4.78, 5) is 0. The fraction of sp³-hybridized carbons (Fsp3) is 1.00. The van der Waals surface area contributed by atoms with E-state index < -0.39 is 0 Å². The smallest absolute Gasteiger partial charge is 0.0521 e. The van der Waals surface area contributed by atoms with Crippen molar-refractivity contribution in [3.05, 3.63) is 0 Å². The molecule has 0 aromatic heterocycles. The summed E-state index contributed by atoms with van der Waals surface area (Å²) >= 11 is 1.73. The molecule has 3 heteroatoms. The molecule has 0 saturated carbocycles. The van der Waals surface area contributed by atoms with Crippen molar-refractivity contribution in [2.45, 2.75) is 12.8 Å². The van der Waals surface area contributed by atoms with Gasteiger partial charge in [-0.3, -0.25) is 0 Å². The van der Waals surface area contributed by atoms with Gasteiger partial charge in [0.25, 0.3) is 0 Å². The molecule has 0 atom stereocenters. The molecule has 0 aromatic rings. The van der Waals surface area contributed by atoms with E-state index in [9.17, 15) is 0 Å². The largest absolute Gasteiger partial charge is 0.396 e. The van der Waals surface area contributed by atoms with Crippen LogP contribution < -0.4 is 0 Å². The van der Waals surface area contributed by atoms with Crippen molar-refractivity contribution in [1.29, 1.82) is 0 Å². The molecule has 0 fully saturated rings. The quantitative estimate of drug-likeness (QED) is 0.541. The summed E-state index contributed by atoms with van der Waals surface area (Å²) in [6.07, 6.45) is 1.94. The fourth-order valence-electron chi connectivity index (χ4n) is 0.483. The normalized spacial score (nSPS) is 10.0. The lowest BCUT2D eigenvalue weighted by Gasteiger charge is -1.95. The molecule has 9 heavy (non-hydrogen) atoms. The molecule has 0 spiro atoms. The van der Waals surface area contributed by atoms with Gasteiger partial charge in [-0.2, -0.15) is 11.8 Å². The molecule has 0 unspecified atom stereocenters. The number of thioether (sulfide) groups is 1. The van der Waals surface area contributed by atoms with Gasteiger partial charge in [0, 0.05) is 12.4 Å². The maximum absolute atomic E-state index is 8.36. The molecule has 0 saturated heterocycles. The Morgan fingerprint density at radius 3 is 2.22 bits per heavy atom. The van der Waals surface area contributed by atoms with Gasteiger partial charge in [-0.05, 0) is 18.6 Å². The highest BCUT2D eigenvalue weighted by Gasteiger charge is 1.86. The van der Waals surface area contributed by atoms with Crippen LogP contribution in [-0.4, -0.2) is 34.9 Å². The van der Waals surface area contributed by atoms with Crippen LogP contribution in [0.4, 0.5) is 0 Å². The van der Waals surface area contributed by atoms with Crippen LogP contribution >= 0.6 is 11.8 Å². The SMILES string of the molecule is OCCCCSCCO. The molecular weight excluding hydrogens is 136 g/mol. The van der Waals surface area contributed by atoms with E-state index in [1.54, 1.807) is 11.8 Å². The van der Waals surface area contributed by atoms with Gasteiger partial charge in [0.1, 0.15) is 0 Å². The van der Waals surface area contributed by atoms with Crippen LogP contribution in [0.3, 0.4) is 0 Å². The summed E-state index contributed by atoms with van der Waals surface area (Å²) < 4.78 is 0. The third-order valence-corrected chi connectivity index (χ3v) is 1.98. The molecule has 0 heterocycles. The first-order valence-corrected chi connectivity index (χ1v) is 4.36. The minimum absolute atomic E-state index is 0.268. The van der Waals surface area contributed by atoms with Crippen LogP contribution in [0.25, 0.3) is 0 Å². The van der Waals surface area contributed by atoms with E-state index in [2.05, 4.69) is 0 Å². The average molecular weight is 150 g/mol. The molecule has 0 aromatic carbocycles. The standard InChI is InChI=1S/C6H14O2S/c7-3-1-2-5-9-6-4-8/h7-8H,1-6H2. The summed E-state index contributed by atoms with van der Waals surface area (Å²) in [6, 6.07) is 0. The minimum Gasteiger partial charge on any atom is -0.396 e. The van der Waals surface area contributed by atoms with Crippen molar-refractivity contribution in [2.24, 2.45) is 0 Å². The molecule has 0 amide bonds. The van der Waals surface area contributed by atoms with Gasteiger partial charge in [-0.25, -0.2) is 0 Å². The Labute approximate surface area is 60.3 Å². The zero-order valence-electron chi connectivity index (χ0n) is 5.55. The number of hydrogen-bond donors (Lipinski definition) is 2. The molecule has 0 aliphatic heterocycles. The maximum Gasteiger partial charge on any atom is 0.0521 e. The van der Waals surface area contributed by atoms with Crippen molar-refractivity contribution >= 4 is 11.8 Å². The molecule has 0 radical (unpaired) electrons. The zero-order chi connectivity index (χ0) is 6.95. The molecule has 0 aliphatic rings. The number of rotatable bonds is 6. The van der Waals surface area contributed by atoms with E-state index in [1.165, 1.54) is 0 Å². The van der Waals surface area contributed by atoms with Gasteiger partial charge in [-0.1, -0.05) is 0 Å². The minimum atomic E-state index is 0.268. The van der Waals surface area contributed by atoms with E-state index in [0.29, 0.717) is 6.61 Å². The van der Waals surface area contributed by atoms with Gasteiger partial charge in [0.2, 0.25) is 0 Å². The molecule has 0 rings (SSSR count). The second-order valence-corrected chi connectivity index (χ2v) is 2.99. The lowest BCUT2D eigenvalue weighted by Crippen LogP contribution is -1.90. The van der Waals surface area contributed by atoms with Crippen molar-refractivity contribution in [1.82, 2.24) is 0 Å². The Morgan fingerprint density at radius 1 is 0.889 bits per heavy atom. The Hall–Kier alpha value is 0.270. The zero-order valence-corrected chi connectivity index (χ0v) is 6.36. The first kappa shape index (κ1) is 9.27. The summed E-state index contributed by atoms with van der Waals surface area (Å²) in [5.74, 6) is 1.88. The van der Waals surface area contributed by atoms with E-state index in [4.69, 9.17) is 10.2 Å². The molecule has 2 nitrogen and oxygen atoms in total. The van der Waals surface area contributed by atoms with E-state index >= 15 is 0 Å². The first-order chi connectivity index (χ1) is 4.41. The second kappa shape index (κ2) is 8.27. The van der Waals surface area contributed by atoms with Gasteiger partial charge < -0.3 is 10.2 Å². The molecule has 56 valence electrons. The van der Waals surface area contributed by atoms with E-state index in [-0.39, 0.29) is 6.61 Å².